The summed E-state index contributed by atoms with van der Waals surface area (Å²) in [4.78, 5) is 20.5. The molecule has 0 heterocycles. The molecule has 6 nitrogen and oxygen atoms in total. The van der Waals surface area contributed by atoms with E-state index in [2.05, 4.69) is 0 Å². The topological polar surface area (TPSA) is 86.3 Å². The molecule has 6 heteroatoms. The Morgan fingerprint density at radius 2 is 2.00 bits per heavy atom. The Labute approximate surface area is 78.2 Å². The highest BCUT2D eigenvalue weighted by molar-refractivity contribution is 5.45. The van der Waals surface area contributed by atoms with Gasteiger partial charge in [0, 0.05) is 11.0 Å². The van der Waals surface area contributed by atoms with E-state index in [1.165, 1.54) is 6.08 Å². The molecule has 3 aliphatic rings. The molecule has 0 aromatic carbocycles. The summed E-state index contributed by atoms with van der Waals surface area (Å²) in [7, 11) is 0. The molecule has 0 amide bonds. The first-order chi connectivity index (χ1) is 6.59. The SMILES string of the molecule is O=[N+]([O-])C1=C[C@H]2C1[C@H]1C=C[C@]12[N+](=O)[O-]. The van der Waals surface area contributed by atoms with Crippen LogP contribution in [0.4, 0.5) is 0 Å². The highest BCUT2D eigenvalue weighted by Crippen LogP contribution is 2.66. The molecule has 0 bridgehead atoms. The number of hydrogen-bond donors (Lipinski definition) is 0. The zero-order valence-electron chi connectivity index (χ0n) is 6.99. The number of nitrogens with zero attached hydrogens (tertiary/aromatic N) is 2. The molecule has 0 aliphatic heterocycles. The molecular weight excluding hydrogens is 188 g/mol. The van der Waals surface area contributed by atoms with E-state index in [0.29, 0.717) is 0 Å². The molecule has 0 N–H and O–H groups in total. The summed E-state index contributed by atoms with van der Waals surface area (Å²) < 4.78 is 0. The fraction of sp³-hybridized carbons (Fsp3) is 0.500. The van der Waals surface area contributed by atoms with Crippen LogP contribution in [0.5, 0.6) is 0 Å². The van der Waals surface area contributed by atoms with Crippen molar-refractivity contribution in [2.75, 3.05) is 0 Å². The van der Waals surface area contributed by atoms with E-state index in [0.717, 1.165) is 0 Å². The maximum atomic E-state index is 10.8. The fourth-order valence-corrected chi connectivity index (χ4v) is 2.81. The Morgan fingerprint density at radius 3 is 2.36 bits per heavy atom. The first-order valence-electron chi connectivity index (χ1n) is 4.29. The normalized spacial score (nSPS) is 46.0. The number of hydrogen-bond acceptors (Lipinski definition) is 4. The third-order valence-electron chi connectivity index (χ3n) is 3.63. The summed E-state index contributed by atoms with van der Waals surface area (Å²) in [5, 5.41) is 21.3. The van der Waals surface area contributed by atoms with Crippen LogP contribution in [0.3, 0.4) is 0 Å². The molecule has 0 aromatic rings. The van der Waals surface area contributed by atoms with Gasteiger partial charge < -0.3 is 0 Å². The van der Waals surface area contributed by atoms with Crippen LogP contribution in [-0.4, -0.2) is 15.4 Å². The van der Waals surface area contributed by atoms with Crippen LogP contribution in [0.1, 0.15) is 0 Å². The minimum Gasteiger partial charge on any atom is -0.264 e. The summed E-state index contributed by atoms with van der Waals surface area (Å²) in [5.41, 5.74) is -0.841. The van der Waals surface area contributed by atoms with Crippen molar-refractivity contribution in [1.29, 1.82) is 0 Å². The van der Waals surface area contributed by atoms with Crippen LogP contribution in [-0.2, 0) is 0 Å². The van der Waals surface area contributed by atoms with Gasteiger partial charge in [0.25, 0.3) is 5.54 Å². The van der Waals surface area contributed by atoms with Crippen molar-refractivity contribution < 1.29 is 9.85 Å². The average Bonchev–Trinajstić information content (AvgIpc) is 2.03. The fourth-order valence-electron chi connectivity index (χ4n) is 2.81. The van der Waals surface area contributed by atoms with Crippen molar-refractivity contribution in [1.82, 2.24) is 0 Å². The van der Waals surface area contributed by atoms with Gasteiger partial charge >= 0.3 is 0 Å². The van der Waals surface area contributed by atoms with Gasteiger partial charge in [-0.3, -0.25) is 20.2 Å². The van der Waals surface area contributed by atoms with Gasteiger partial charge in [-0.15, -0.1) is 0 Å². The summed E-state index contributed by atoms with van der Waals surface area (Å²) >= 11 is 0. The quantitative estimate of drug-likeness (QED) is 0.366. The summed E-state index contributed by atoms with van der Waals surface area (Å²) in [6.07, 6.45) is 4.69. The van der Waals surface area contributed by atoms with Crippen molar-refractivity contribution in [2.24, 2.45) is 17.8 Å². The van der Waals surface area contributed by atoms with Gasteiger partial charge in [0.2, 0.25) is 5.70 Å². The Balaban J connectivity index is 1.96. The molecule has 0 saturated heterocycles. The molecule has 1 saturated carbocycles. The Hall–Kier alpha value is -1.72. The third-order valence-corrected chi connectivity index (χ3v) is 3.63. The van der Waals surface area contributed by atoms with Crippen LogP contribution in [0.15, 0.2) is 23.9 Å². The van der Waals surface area contributed by atoms with E-state index >= 15 is 0 Å². The lowest BCUT2D eigenvalue weighted by Gasteiger charge is -2.58. The van der Waals surface area contributed by atoms with Gasteiger partial charge in [0.15, 0.2) is 0 Å². The van der Waals surface area contributed by atoms with Crippen LogP contribution in [0.2, 0.25) is 0 Å². The van der Waals surface area contributed by atoms with Gasteiger partial charge in [-0.25, -0.2) is 0 Å². The number of nitro groups is 2. The zero-order chi connectivity index (χ0) is 10.1. The van der Waals surface area contributed by atoms with Crippen LogP contribution >= 0.6 is 0 Å². The maximum absolute atomic E-state index is 10.8. The van der Waals surface area contributed by atoms with Crippen LogP contribution < -0.4 is 0 Å². The monoisotopic (exact) mass is 194 g/mol. The first kappa shape index (κ1) is 7.66. The largest absolute Gasteiger partial charge is 0.264 e. The summed E-state index contributed by atoms with van der Waals surface area (Å²) in [6.45, 7) is 0. The molecule has 0 spiro atoms. The van der Waals surface area contributed by atoms with E-state index in [1.54, 1.807) is 12.2 Å². The van der Waals surface area contributed by atoms with Crippen molar-refractivity contribution in [3.63, 3.8) is 0 Å². The molecule has 0 aromatic heterocycles. The molecule has 0 radical (unpaired) electrons. The number of rotatable bonds is 2. The molecule has 1 unspecified atom stereocenters. The van der Waals surface area contributed by atoms with E-state index < -0.39 is 10.5 Å². The van der Waals surface area contributed by atoms with Crippen molar-refractivity contribution in [3.05, 3.63) is 44.2 Å². The predicted molar refractivity (Wildman–Crippen MR) is 44.4 cm³/mol. The molecule has 3 rings (SSSR count). The van der Waals surface area contributed by atoms with Gasteiger partial charge in [0.05, 0.1) is 22.7 Å². The molecular formula is C8H6N2O4. The Bertz CT molecular complexity index is 427. The van der Waals surface area contributed by atoms with Gasteiger partial charge in [-0.2, -0.15) is 0 Å². The molecule has 72 valence electrons. The third kappa shape index (κ3) is 0.495. The van der Waals surface area contributed by atoms with Gasteiger partial charge in [0.1, 0.15) is 0 Å². The van der Waals surface area contributed by atoms with Crippen molar-refractivity contribution >= 4 is 0 Å². The lowest BCUT2D eigenvalue weighted by atomic mass is 9.41. The van der Waals surface area contributed by atoms with E-state index in [-0.39, 0.29) is 28.4 Å². The minimum absolute atomic E-state index is 0.154. The van der Waals surface area contributed by atoms with Crippen molar-refractivity contribution in [3.8, 4) is 0 Å². The summed E-state index contributed by atoms with van der Waals surface area (Å²) in [5.74, 6) is -0.693. The van der Waals surface area contributed by atoms with Crippen molar-refractivity contribution in [2.45, 2.75) is 5.54 Å². The Morgan fingerprint density at radius 1 is 1.29 bits per heavy atom. The Kier molecular flexibility index (Phi) is 1.02. The predicted octanol–water partition coefficient (Wildman–Crippen LogP) is 0.608. The average molecular weight is 194 g/mol. The molecule has 14 heavy (non-hydrogen) atoms. The van der Waals surface area contributed by atoms with Crippen LogP contribution in [0.25, 0.3) is 0 Å². The second-order valence-corrected chi connectivity index (χ2v) is 3.93. The lowest BCUT2D eigenvalue weighted by molar-refractivity contribution is -0.612. The van der Waals surface area contributed by atoms with Gasteiger partial charge in [-0.05, 0) is 6.08 Å². The first-order valence-corrected chi connectivity index (χ1v) is 4.29. The summed E-state index contributed by atoms with van der Waals surface area (Å²) in [6, 6.07) is 0. The standard InChI is InChI=1S/C8H6N2O4/c11-9(12)6-3-5-7(6)4-1-2-8(4,5)10(13)14/h1-5,7H/t4-,5+,7?,8+/m1/s1. The second-order valence-electron chi connectivity index (χ2n) is 3.93. The minimum atomic E-state index is -0.996. The highest BCUT2D eigenvalue weighted by atomic mass is 16.6. The smallest absolute Gasteiger partial charge is 0.254 e. The van der Waals surface area contributed by atoms with Gasteiger partial charge in [-0.1, -0.05) is 6.08 Å². The second kappa shape index (κ2) is 1.87. The number of allylic oxidation sites excluding steroid dienone is 1. The molecule has 3 aliphatic carbocycles. The van der Waals surface area contributed by atoms with E-state index in [4.69, 9.17) is 0 Å². The number of fused-ring (bicyclic) bond motifs is 4. The highest BCUT2D eigenvalue weighted by Gasteiger charge is 2.79. The molecule has 4 atom stereocenters. The zero-order valence-corrected chi connectivity index (χ0v) is 6.99. The maximum Gasteiger partial charge on any atom is 0.254 e. The lowest BCUT2D eigenvalue weighted by Crippen LogP contribution is -2.72. The molecule has 1 fully saturated rings. The van der Waals surface area contributed by atoms with E-state index in [9.17, 15) is 20.2 Å². The van der Waals surface area contributed by atoms with Crippen LogP contribution in [0, 0.1) is 38.0 Å². The van der Waals surface area contributed by atoms with E-state index in [1.807, 2.05) is 0 Å².